The van der Waals surface area contributed by atoms with Crippen molar-refractivity contribution in [1.29, 1.82) is 5.26 Å². The number of nitrogens with zero attached hydrogens (tertiary/aromatic N) is 3. The molecule has 0 aliphatic heterocycles. The summed E-state index contributed by atoms with van der Waals surface area (Å²) in [6, 6.07) is 8.61. The Labute approximate surface area is 84.1 Å². The van der Waals surface area contributed by atoms with Gasteiger partial charge in [-0.1, -0.05) is 23.5 Å². The van der Waals surface area contributed by atoms with Crippen LogP contribution in [0.25, 0.3) is 10.6 Å². The minimum atomic E-state index is 0.177. The standard InChI is InChI=1S/C9H5N3OS/c10-5-8-11-12-9(14-8)6-2-1-3-7(13)4-6/h1-4,13H. The van der Waals surface area contributed by atoms with Crippen LogP contribution < -0.4 is 0 Å². The molecule has 0 fully saturated rings. The van der Waals surface area contributed by atoms with E-state index < -0.39 is 0 Å². The third-order valence-corrected chi connectivity index (χ3v) is 2.49. The Kier molecular flexibility index (Phi) is 2.13. The second-order valence-corrected chi connectivity index (χ2v) is 3.55. The van der Waals surface area contributed by atoms with Gasteiger partial charge in [-0.05, 0) is 12.1 Å². The van der Waals surface area contributed by atoms with Gasteiger partial charge in [-0.15, -0.1) is 10.2 Å². The van der Waals surface area contributed by atoms with Crippen LogP contribution in [0.4, 0.5) is 0 Å². The number of benzene rings is 1. The first-order chi connectivity index (χ1) is 6.79. The van der Waals surface area contributed by atoms with E-state index >= 15 is 0 Å². The number of aromatic hydroxyl groups is 1. The summed E-state index contributed by atoms with van der Waals surface area (Å²) >= 11 is 1.20. The van der Waals surface area contributed by atoms with E-state index in [1.165, 1.54) is 11.3 Å². The van der Waals surface area contributed by atoms with Gasteiger partial charge in [0.25, 0.3) is 0 Å². The zero-order chi connectivity index (χ0) is 9.97. The number of aromatic nitrogens is 2. The van der Waals surface area contributed by atoms with Gasteiger partial charge in [0, 0.05) is 5.56 Å². The molecule has 0 saturated carbocycles. The predicted molar refractivity (Wildman–Crippen MR) is 51.7 cm³/mol. The highest BCUT2D eigenvalue weighted by Gasteiger charge is 2.05. The van der Waals surface area contributed by atoms with E-state index in [9.17, 15) is 5.11 Å². The maximum Gasteiger partial charge on any atom is 0.218 e. The molecule has 0 bridgehead atoms. The van der Waals surface area contributed by atoms with Gasteiger partial charge in [0.1, 0.15) is 16.8 Å². The smallest absolute Gasteiger partial charge is 0.218 e. The second-order valence-electron chi connectivity index (χ2n) is 2.57. The third kappa shape index (κ3) is 1.56. The van der Waals surface area contributed by atoms with Crippen molar-refractivity contribution in [2.45, 2.75) is 0 Å². The Morgan fingerprint density at radius 2 is 2.21 bits per heavy atom. The first-order valence-corrected chi connectivity index (χ1v) is 4.64. The lowest BCUT2D eigenvalue weighted by atomic mass is 10.2. The number of hydrogen-bond acceptors (Lipinski definition) is 5. The van der Waals surface area contributed by atoms with E-state index in [-0.39, 0.29) is 5.75 Å². The first-order valence-electron chi connectivity index (χ1n) is 3.82. The summed E-state index contributed by atoms with van der Waals surface area (Å²) in [4.78, 5) is 0. The molecule has 0 amide bonds. The lowest BCUT2D eigenvalue weighted by Gasteiger charge is -1.94. The van der Waals surface area contributed by atoms with Crippen molar-refractivity contribution in [2.75, 3.05) is 0 Å². The summed E-state index contributed by atoms with van der Waals surface area (Å²) in [6.45, 7) is 0. The summed E-state index contributed by atoms with van der Waals surface area (Å²) in [6.07, 6.45) is 0. The van der Waals surface area contributed by atoms with E-state index in [2.05, 4.69) is 10.2 Å². The topological polar surface area (TPSA) is 69.8 Å². The Balaban J connectivity index is 2.45. The van der Waals surface area contributed by atoms with Crippen LogP contribution in [0.2, 0.25) is 0 Å². The van der Waals surface area contributed by atoms with E-state index in [1.54, 1.807) is 24.3 Å². The number of nitriles is 1. The number of phenolic OH excluding ortho intramolecular Hbond substituents is 1. The second kappa shape index (κ2) is 3.44. The van der Waals surface area contributed by atoms with Crippen molar-refractivity contribution >= 4 is 11.3 Å². The van der Waals surface area contributed by atoms with Gasteiger partial charge in [-0.2, -0.15) is 5.26 Å². The van der Waals surface area contributed by atoms with Gasteiger partial charge in [-0.3, -0.25) is 0 Å². The lowest BCUT2D eigenvalue weighted by Crippen LogP contribution is -1.75. The van der Waals surface area contributed by atoms with Crippen LogP contribution >= 0.6 is 11.3 Å². The van der Waals surface area contributed by atoms with Crippen LogP contribution in [-0.2, 0) is 0 Å². The van der Waals surface area contributed by atoms with Gasteiger partial charge in [0.2, 0.25) is 5.01 Å². The summed E-state index contributed by atoms with van der Waals surface area (Å²) in [7, 11) is 0. The van der Waals surface area contributed by atoms with Crippen molar-refractivity contribution < 1.29 is 5.11 Å². The molecule has 14 heavy (non-hydrogen) atoms. The Hall–Kier alpha value is -1.93. The summed E-state index contributed by atoms with van der Waals surface area (Å²) in [5.41, 5.74) is 0.768. The van der Waals surface area contributed by atoms with E-state index in [4.69, 9.17) is 5.26 Å². The Morgan fingerprint density at radius 1 is 1.36 bits per heavy atom. The van der Waals surface area contributed by atoms with Crippen molar-refractivity contribution in [2.24, 2.45) is 0 Å². The quantitative estimate of drug-likeness (QED) is 0.767. The predicted octanol–water partition coefficient (Wildman–Crippen LogP) is 1.78. The van der Waals surface area contributed by atoms with Gasteiger partial charge >= 0.3 is 0 Å². The first kappa shape index (κ1) is 8.66. The molecule has 0 radical (unpaired) electrons. The maximum atomic E-state index is 9.23. The molecule has 2 rings (SSSR count). The van der Waals surface area contributed by atoms with Gasteiger partial charge < -0.3 is 5.11 Å². The Bertz CT molecular complexity index is 501. The average molecular weight is 203 g/mol. The summed E-state index contributed by atoms with van der Waals surface area (Å²) in [5, 5.41) is 26.2. The Morgan fingerprint density at radius 3 is 2.86 bits per heavy atom. The van der Waals surface area contributed by atoms with Gasteiger partial charge in [-0.25, -0.2) is 0 Å². The zero-order valence-corrected chi connectivity index (χ0v) is 7.82. The lowest BCUT2D eigenvalue weighted by molar-refractivity contribution is 0.475. The highest BCUT2D eigenvalue weighted by Crippen LogP contribution is 2.25. The zero-order valence-electron chi connectivity index (χ0n) is 7.01. The molecule has 1 heterocycles. The van der Waals surface area contributed by atoms with Crippen molar-refractivity contribution in [3.63, 3.8) is 0 Å². The summed E-state index contributed by atoms with van der Waals surface area (Å²) in [5.74, 6) is 0.177. The molecule has 4 nitrogen and oxygen atoms in total. The molecule has 1 N–H and O–H groups in total. The van der Waals surface area contributed by atoms with Crippen LogP contribution in [0, 0.1) is 11.3 Å². The molecule has 0 saturated heterocycles. The molecule has 68 valence electrons. The van der Waals surface area contributed by atoms with Crippen LogP contribution in [0.5, 0.6) is 5.75 Å². The highest BCUT2D eigenvalue weighted by molar-refractivity contribution is 7.15. The maximum absolute atomic E-state index is 9.23. The number of phenols is 1. The van der Waals surface area contributed by atoms with E-state index in [0.29, 0.717) is 10.0 Å². The molecule has 2 aromatic rings. The minimum Gasteiger partial charge on any atom is -0.508 e. The SMILES string of the molecule is N#Cc1nnc(-c2cccc(O)c2)s1. The molecule has 0 aliphatic rings. The molecular weight excluding hydrogens is 198 g/mol. The highest BCUT2D eigenvalue weighted by atomic mass is 32.1. The number of hydrogen-bond donors (Lipinski definition) is 1. The molecule has 5 heteroatoms. The van der Waals surface area contributed by atoms with Crippen molar-refractivity contribution in [1.82, 2.24) is 10.2 Å². The fraction of sp³-hybridized carbons (Fsp3) is 0. The molecule has 0 atom stereocenters. The molecule has 1 aromatic carbocycles. The average Bonchev–Trinajstić information content (AvgIpc) is 2.66. The van der Waals surface area contributed by atoms with Crippen molar-refractivity contribution in [3.05, 3.63) is 29.3 Å². The largest absolute Gasteiger partial charge is 0.508 e. The van der Waals surface area contributed by atoms with Gasteiger partial charge in [0.15, 0.2) is 0 Å². The van der Waals surface area contributed by atoms with Crippen molar-refractivity contribution in [3.8, 4) is 22.4 Å². The molecule has 0 aliphatic carbocycles. The summed E-state index contributed by atoms with van der Waals surface area (Å²) < 4.78 is 0. The molecular formula is C9H5N3OS. The fourth-order valence-corrected chi connectivity index (χ4v) is 1.66. The van der Waals surface area contributed by atoms with Crippen LogP contribution in [0.1, 0.15) is 5.01 Å². The normalized spacial score (nSPS) is 9.64. The third-order valence-electron chi connectivity index (χ3n) is 1.61. The fourth-order valence-electron chi connectivity index (χ4n) is 1.02. The van der Waals surface area contributed by atoms with Gasteiger partial charge in [0.05, 0.1) is 0 Å². The van der Waals surface area contributed by atoms with Crippen LogP contribution in [0.15, 0.2) is 24.3 Å². The van der Waals surface area contributed by atoms with Crippen LogP contribution in [-0.4, -0.2) is 15.3 Å². The molecule has 0 unspecified atom stereocenters. The van der Waals surface area contributed by atoms with E-state index in [0.717, 1.165) is 5.56 Å². The molecule has 0 spiro atoms. The van der Waals surface area contributed by atoms with E-state index in [1.807, 2.05) is 6.07 Å². The molecule has 1 aromatic heterocycles. The van der Waals surface area contributed by atoms with Crippen LogP contribution in [0.3, 0.4) is 0 Å². The minimum absolute atomic E-state index is 0.177. The monoisotopic (exact) mass is 203 g/mol. The number of rotatable bonds is 1.